The molecule has 0 aliphatic rings. The number of nitrogens with one attached hydrogen (secondary N) is 1. The average molecular weight is 233 g/mol. The van der Waals surface area contributed by atoms with E-state index in [2.05, 4.69) is 50.0 Å². The molecule has 1 aromatic carbocycles. The highest BCUT2D eigenvalue weighted by Crippen LogP contribution is 2.06. The molecule has 1 N–H and O–H groups in total. The molecule has 17 heavy (non-hydrogen) atoms. The van der Waals surface area contributed by atoms with Crippen LogP contribution in [0.3, 0.4) is 0 Å². The summed E-state index contributed by atoms with van der Waals surface area (Å²) in [7, 11) is 0. The van der Waals surface area contributed by atoms with E-state index in [9.17, 15) is 0 Å². The van der Waals surface area contributed by atoms with E-state index in [0.29, 0.717) is 19.1 Å². The zero-order valence-corrected chi connectivity index (χ0v) is 10.9. The largest absolute Gasteiger partial charge is 0.373 e. The maximum absolute atomic E-state index is 5.39. The molecule has 0 amide bonds. The van der Waals surface area contributed by atoms with Crippen molar-refractivity contribution in [3.05, 3.63) is 48.0 Å². The highest BCUT2D eigenvalue weighted by atomic mass is 16.5. The van der Waals surface area contributed by atoms with Gasteiger partial charge in [-0.15, -0.1) is 6.58 Å². The van der Waals surface area contributed by atoms with Crippen LogP contribution in [0.15, 0.2) is 36.9 Å². The van der Waals surface area contributed by atoms with Crippen LogP contribution in [-0.4, -0.2) is 13.2 Å². The fraction of sp³-hybridized carbons (Fsp3) is 0.467. The summed E-state index contributed by atoms with van der Waals surface area (Å²) >= 11 is 0. The summed E-state index contributed by atoms with van der Waals surface area (Å²) in [5, 5.41) is 3.43. The van der Waals surface area contributed by atoms with Gasteiger partial charge >= 0.3 is 0 Å². The highest BCUT2D eigenvalue weighted by Gasteiger charge is 1.96. The number of rotatable bonds is 8. The fourth-order valence-corrected chi connectivity index (χ4v) is 1.52. The van der Waals surface area contributed by atoms with Crippen LogP contribution >= 0.6 is 0 Å². The second-order valence-electron chi connectivity index (χ2n) is 4.65. The number of hydrogen-bond donors (Lipinski definition) is 1. The van der Waals surface area contributed by atoms with Gasteiger partial charge in [0.2, 0.25) is 0 Å². The summed E-state index contributed by atoms with van der Waals surface area (Å²) < 4.78 is 5.39. The smallest absolute Gasteiger partial charge is 0.0721 e. The molecule has 1 rings (SSSR count). The summed E-state index contributed by atoms with van der Waals surface area (Å²) in [6.45, 7) is 11.3. The molecule has 0 aromatic heterocycles. The maximum Gasteiger partial charge on any atom is 0.0721 e. The van der Waals surface area contributed by atoms with Crippen molar-refractivity contribution in [3.63, 3.8) is 0 Å². The first-order valence-electron chi connectivity index (χ1n) is 6.19. The van der Waals surface area contributed by atoms with E-state index < -0.39 is 0 Å². The molecule has 0 saturated heterocycles. The lowest BCUT2D eigenvalue weighted by Gasteiger charge is -2.08. The lowest BCUT2D eigenvalue weighted by molar-refractivity contribution is 0.149. The molecule has 0 heterocycles. The Morgan fingerprint density at radius 3 is 2.47 bits per heavy atom. The molecule has 2 nitrogen and oxygen atoms in total. The van der Waals surface area contributed by atoms with Gasteiger partial charge in [-0.25, -0.2) is 0 Å². The molecule has 0 radical (unpaired) electrons. The zero-order valence-electron chi connectivity index (χ0n) is 10.9. The molecule has 0 unspecified atom stereocenters. The Balaban J connectivity index is 2.31. The third-order valence-electron chi connectivity index (χ3n) is 2.41. The van der Waals surface area contributed by atoms with E-state index >= 15 is 0 Å². The normalized spacial score (nSPS) is 10.8. The predicted molar refractivity (Wildman–Crippen MR) is 72.8 cm³/mol. The highest BCUT2D eigenvalue weighted by molar-refractivity contribution is 5.21. The van der Waals surface area contributed by atoms with Crippen LogP contribution in [0.2, 0.25) is 0 Å². The minimum atomic E-state index is 0.609. The van der Waals surface area contributed by atoms with Crippen LogP contribution in [0.25, 0.3) is 0 Å². The van der Waals surface area contributed by atoms with Crippen LogP contribution in [0.5, 0.6) is 0 Å². The number of hydrogen-bond acceptors (Lipinski definition) is 2. The van der Waals surface area contributed by atoms with E-state index in [1.165, 1.54) is 11.1 Å². The van der Waals surface area contributed by atoms with Gasteiger partial charge in [-0.3, -0.25) is 0 Å². The minimum absolute atomic E-state index is 0.609. The minimum Gasteiger partial charge on any atom is -0.373 e. The van der Waals surface area contributed by atoms with E-state index in [1.807, 2.05) is 0 Å². The van der Waals surface area contributed by atoms with Crippen LogP contribution in [0.4, 0.5) is 0 Å². The summed E-state index contributed by atoms with van der Waals surface area (Å²) in [5.74, 6) is 0.696. The van der Waals surface area contributed by atoms with Gasteiger partial charge in [-0.2, -0.15) is 0 Å². The molecular formula is C15H23NO. The Kier molecular flexibility index (Phi) is 6.60. The van der Waals surface area contributed by atoms with Crippen molar-refractivity contribution in [2.45, 2.75) is 27.0 Å². The molecular weight excluding hydrogens is 210 g/mol. The van der Waals surface area contributed by atoms with Gasteiger partial charge in [0.15, 0.2) is 0 Å². The molecule has 0 aliphatic carbocycles. The molecule has 0 bridgehead atoms. The molecule has 0 spiro atoms. The van der Waals surface area contributed by atoms with E-state index in [1.54, 1.807) is 6.08 Å². The molecule has 0 fully saturated rings. The molecule has 0 aliphatic heterocycles. The Bertz CT molecular complexity index is 316. The monoisotopic (exact) mass is 233 g/mol. The summed E-state index contributed by atoms with van der Waals surface area (Å²) in [6.07, 6.45) is 1.77. The number of benzene rings is 1. The van der Waals surface area contributed by atoms with Crippen LogP contribution in [0, 0.1) is 5.92 Å². The first-order valence-corrected chi connectivity index (χ1v) is 6.19. The topological polar surface area (TPSA) is 21.3 Å². The van der Waals surface area contributed by atoms with Crippen LogP contribution < -0.4 is 5.32 Å². The van der Waals surface area contributed by atoms with Gasteiger partial charge in [0.25, 0.3) is 0 Å². The van der Waals surface area contributed by atoms with Gasteiger partial charge in [0, 0.05) is 6.54 Å². The van der Waals surface area contributed by atoms with E-state index in [0.717, 1.165) is 13.1 Å². The standard InChI is InChI=1S/C15H23NO/c1-4-9-17-12-15-7-5-14(6-8-15)11-16-10-13(2)3/h4-8,13,16H,1,9-12H2,2-3H3. The molecule has 94 valence electrons. The predicted octanol–water partition coefficient (Wildman–Crippen LogP) is 3.13. The maximum atomic E-state index is 5.39. The lowest BCUT2D eigenvalue weighted by Crippen LogP contribution is -2.18. The molecule has 1 aromatic rings. The summed E-state index contributed by atoms with van der Waals surface area (Å²) in [5.41, 5.74) is 2.53. The molecule has 0 saturated carbocycles. The fourth-order valence-electron chi connectivity index (χ4n) is 1.52. The van der Waals surface area contributed by atoms with Crippen molar-refractivity contribution >= 4 is 0 Å². The third-order valence-corrected chi connectivity index (χ3v) is 2.41. The van der Waals surface area contributed by atoms with E-state index in [-0.39, 0.29) is 0 Å². The zero-order chi connectivity index (χ0) is 12.5. The van der Waals surface area contributed by atoms with Crippen molar-refractivity contribution in [1.82, 2.24) is 5.32 Å². The van der Waals surface area contributed by atoms with Crippen LogP contribution in [-0.2, 0) is 17.9 Å². The van der Waals surface area contributed by atoms with Crippen molar-refractivity contribution in [1.29, 1.82) is 0 Å². The Hall–Kier alpha value is -1.12. The quantitative estimate of drug-likeness (QED) is 0.550. The van der Waals surface area contributed by atoms with Gasteiger partial charge in [-0.05, 0) is 23.6 Å². The lowest BCUT2D eigenvalue weighted by atomic mass is 10.1. The third kappa shape index (κ3) is 6.25. The van der Waals surface area contributed by atoms with Crippen molar-refractivity contribution in [2.24, 2.45) is 5.92 Å². The van der Waals surface area contributed by atoms with Gasteiger partial charge in [-0.1, -0.05) is 44.2 Å². The summed E-state index contributed by atoms with van der Waals surface area (Å²) in [6, 6.07) is 8.55. The second-order valence-corrected chi connectivity index (χ2v) is 4.65. The van der Waals surface area contributed by atoms with Crippen molar-refractivity contribution < 1.29 is 4.74 Å². The van der Waals surface area contributed by atoms with Gasteiger partial charge in [0.05, 0.1) is 13.2 Å². The Labute approximate surface area is 105 Å². The Morgan fingerprint density at radius 1 is 1.24 bits per heavy atom. The first-order chi connectivity index (χ1) is 8.22. The van der Waals surface area contributed by atoms with Gasteiger partial charge < -0.3 is 10.1 Å². The average Bonchev–Trinajstić information content (AvgIpc) is 2.31. The first kappa shape index (κ1) is 13.9. The van der Waals surface area contributed by atoms with Crippen LogP contribution in [0.1, 0.15) is 25.0 Å². The summed E-state index contributed by atoms with van der Waals surface area (Å²) in [4.78, 5) is 0. The SMILES string of the molecule is C=CCOCc1ccc(CNCC(C)C)cc1. The van der Waals surface area contributed by atoms with Crippen molar-refractivity contribution in [2.75, 3.05) is 13.2 Å². The van der Waals surface area contributed by atoms with Crippen molar-refractivity contribution in [3.8, 4) is 0 Å². The Morgan fingerprint density at radius 2 is 1.88 bits per heavy atom. The number of ether oxygens (including phenoxy) is 1. The van der Waals surface area contributed by atoms with E-state index in [4.69, 9.17) is 4.74 Å². The van der Waals surface area contributed by atoms with Gasteiger partial charge in [0.1, 0.15) is 0 Å². The second kappa shape index (κ2) is 8.04. The molecule has 0 atom stereocenters. The molecule has 2 heteroatoms.